The number of amides is 2. The van der Waals surface area contributed by atoms with E-state index in [1.165, 1.54) is 23.5 Å². The fourth-order valence-electron chi connectivity index (χ4n) is 4.60. The maximum absolute atomic E-state index is 13.8. The number of rotatable bonds is 8. The summed E-state index contributed by atoms with van der Waals surface area (Å²) in [4.78, 5) is 30.9. The van der Waals surface area contributed by atoms with Crippen LogP contribution in [0.2, 0.25) is 0 Å². The molecule has 8 nitrogen and oxygen atoms in total. The van der Waals surface area contributed by atoms with Gasteiger partial charge < -0.3 is 9.72 Å². The van der Waals surface area contributed by atoms with Crippen molar-refractivity contribution in [3.05, 3.63) is 89.0 Å². The van der Waals surface area contributed by atoms with Crippen LogP contribution in [-0.4, -0.2) is 49.2 Å². The summed E-state index contributed by atoms with van der Waals surface area (Å²) >= 11 is 3.33. The molecule has 0 spiro atoms. The number of para-hydroxylation sites is 1. The molecule has 190 valence electrons. The third kappa shape index (κ3) is 4.79. The van der Waals surface area contributed by atoms with Gasteiger partial charge >= 0.3 is 0 Å². The van der Waals surface area contributed by atoms with Gasteiger partial charge in [-0.05, 0) is 66.6 Å². The van der Waals surface area contributed by atoms with Gasteiger partial charge in [0.05, 0.1) is 24.1 Å². The SMILES string of the molecule is COc1ccc(N2C(=O)CC(N(CCc3c[nH]c4ccccc34)S(=O)(=O)c3ccc(Br)cc3)C2=O)cc1. The third-order valence-electron chi connectivity index (χ3n) is 6.50. The van der Waals surface area contributed by atoms with Crippen molar-refractivity contribution < 1.29 is 22.7 Å². The van der Waals surface area contributed by atoms with E-state index in [9.17, 15) is 18.0 Å². The van der Waals surface area contributed by atoms with Gasteiger partial charge in [-0.2, -0.15) is 4.31 Å². The zero-order valence-electron chi connectivity index (χ0n) is 19.9. The van der Waals surface area contributed by atoms with Crippen molar-refractivity contribution in [1.82, 2.24) is 9.29 Å². The number of methoxy groups -OCH3 is 1. The van der Waals surface area contributed by atoms with Crippen molar-refractivity contribution in [2.24, 2.45) is 0 Å². The normalized spacial score (nSPS) is 16.2. The van der Waals surface area contributed by atoms with Crippen LogP contribution in [-0.2, 0) is 26.0 Å². The Balaban J connectivity index is 1.50. The van der Waals surface area contributed by atoms with Crippen molar-refractivity contribution in [2.45, 2.75) is 23.8 Å². The maximum Gasteiger partial charge on any atom is 0.252 e. The van der Waals surface area contributed by atoms with Crippen molar-refractivity contribution in [3.63, 3.8) is 0 Å². The summed E-state index contributed by atoms with van der Waals surface area (Å²) in [6.45, 7) is 0.0282. The summed E-state index contributed by atoms with van der Waals surface area (Å²) in [6, 6.07) is 19.3. The average molecular weight is 582 g/mol. The number of ether oxygens (including phenoxy) is 1. The lowest BCUT2D eigenvalue weighted by molar-refractivity contribution is -0.122. The molecule has 4 aromatic rings. The van der Waals surface area contributed by atoms with Gasteiger partial charge in [-0.1, -0.05) is 34.1 Å². The van der Waals surface area contributed by atoms with E-state index in [1.807, 2.05) is 30.5 Å². The van der Waals surface area contributed by atoms with E-state index in [2.05, 4.69) is 20.9 Å². The van der Waals surface area contributed by atoms with Gasteiger partial charge in [0.25, 0.3) is 5.91 Å². The monoisotopic (exact) mass is 581 g/mol. The number of anilines is 1. The molecule has 37 heavy (non-hydrogen) atoms. The molecule has 3 aromatic carbocycles. The average Bonchev–Trinajstić information content (AvgIpc) is 3.44. The van der Waals surface area contributed by atoms with Gasteiger partial charge in [-0.25, -0.2) is 13.3 Å². The number of carbonyl (C=O) groups is 2. The van der Waals surface area contributed by atoms with E-state index >= 15 is 0 Å². The van der Waals surface area contributed by atoms with Crippen LogP contribution in [0.4, 0.5) is 5.69 Å². The van der Waals surface area contributed by atoms with Gasteiger partial charge in [0.1, 0.15) is 11.8 Å². The van der Waals surface area contributed by atoms with Gasteiger partial charge in [0, 0.05) is 28.1 Å². The molecule has 2 heterocycles. The predicted molar refractivity (Wildman–Crippen MR) is 144 cm³/mol. The van der Waals surface area contributed by atoms with Gasteiger partial charge in [-0.15, -0.1) is 0 Å². The number of hydrogen-bond donors (Lipinski definition) is 1. The first kappa shape index (κ1) is 25.2. The summed E-state index contributed by atoms with van der Waals surface area (Å²) in [5.74, 6) is -0.449. The molecule has 10 heteroatoms. The summed E-state index contributed by atoms with van der Waals surface area (Å²) in [5, 5.41) is 0.983. The minimum atomic E-state index is -4.10. The van der Waals surface area contributed by atoms with Gasteiger partial charge in [0.15, 0.2) is 0 Å². The fourth-order valence-corrected chi connectivity index (χ4v) is 6.44. The minimum Gasteiger partial charge on any atom is -0.497 e. The number of aromatic nitrogens is 1. The number of H-pyrrole nitrogens is 1. The molecule has 1 aliphatic rings. The molecule has 1 N–H and O–H groups in total. The number of halogens is 1. The second-order valence-electron chi connectivity index (χ2n) is 8.66. The molecular weight excluding hydrogens is 558 g/mol. The third-order valence-corrected chi connectivity index (χ3v) is 8.95. The number of fused-ring (bicyclic) bond motifs is 1. The first-order valence-electron chi connectivity index (χ1n) is 11.6. The van der Waals surface area contributed by atoms with E-state index in [0.717, 1.165) is 25.8 Å². The van der Waals surface area contributed by atoms with Crippen molar-refractivity contribution in [1.29, 1.82) is 0 Å². The Bertz CT molecular complexity index is 1570. The molecule has 1 fully saturated rings. The van der Waals surface area contributed by atoms with Crippen LogP contribution in [0.1, 0.15) is 12.0 Å². The van der Waals surface area contributed by atoms with Crippen molar-refractivity contribution >= 4 is 54.4 Å². The van der Waals surface area contributed by atoms with Crippen LogP contribution >= 0.6 is 15.9 Å². The van der Waals surface area contributed by atoms with Crippen LogP contribution in [0.3, 0.4) is 0 Å². The first-order chi connectivity index (χ1) is 17.8. The zero-order chi connectivity index (χ0) is 26.2. The lowest BCUT2D eigenvalue weighted by Crippen LogP contribution is -2.46. The molecule has 0 saturated carbocycles. The van der Waals surface area contributed by atoms with Crippen LogP contribution in [0.5, 0.6) is 5.75 Å². The highest BCUT2D eigenvalue weighted by Gasteiger charge is 2.46. The smallest absolute Gasteiger partial charge is 0.252 e. The molecule has 1 aliphatic heterocycles. The van der Waals surface area contributed by atoms with Crippen LogP contribution in [0.25, 0.3) is 10.9 Å². The summed E-state index contributed by atoms with van der Waals surface area (Å²) in [7, 11) is -2.57. The van der Waals surface area contributed by atoms with E-state index in [0.29, 0.717) is 17.9 Å². The number of imide groups is 1. The number of aromatic amines is 1. The first-order valence-corrected chi connectivity index (χ1v) is 13.9. The second kappa shape index (κ2) is 10.1. The second-order valence-corrected chi connectivity index (χ2v) is 11.5. The number of sulfonamides is 1. The molecule has 0 bridgehead atoms. The summed E-state index contributed by atoms with van der Waals surface area (Å²) < 4.78 is 34.7. The van der Waals surface area contributed by atoms with E-state index in [1.54, 1.807) is 36.4 Å². The number of nitrogens with zero attached hydrogens (tertiary/aromatic N) is 2. The number of carbonyl (C=O) groups excluding carboxylic acids is 2. The highest BCUT2D eigenvalue weighted by Crippen LogP contribution is 2.31. The summed E-state index contributed by atoms with van der Waals surface area (Å²) in [5.41, 5.74) is 2.24. The quantitative estimate of drug-likeness (QED) is 0.309. The van der Waals surface area contributed by atoms with E-state index in [-0.39, 0.29) is 17.9 Å². The van der Waals surface area contributed by atoms with Crippen LogP contribution in [0, 0.1) is 0 Å². The number of benzene rings is 3. The van der Waals surface area contributed by atoms with Gasteiger partial charge in [-0.3, -0.25) is 9.59 Å². The molecule has 0 aliphatic carbocycles. The number of nitrogens with one attached hydrogen (secondary N) is 1. The highest BCUT2D eigenvalue weighted by atomic mass is 79.9. The Kier molecular flexibility index (Phi) is 6.89. The van der Waals surface area contributed by atoms with E-state index < -0.39 is 27.9 Å². The molecule has 2 amide bonds. The molecular formula is C27H24BrN3O5S. The Morgan fingerprint density at radius 2 is 1.73 bits per heavy atom. The molecule has 1 unspecified atom stereocenters. The molecule has 1 aromatic heterocycles. The molecule has 1 saturated heterocycles. The van der Waals surface area contributed by atoms with Crippen LogP contribution in [0.15, 0.2) is 88.4 Å². The van der Waals surface area contributed by atoms with Crippen molar-refractivity contribution in [2.75, 3.05) is 18.6 Å². The predicted octanol–water partition coefficient (Wildman–Crippen LogP) is 4.50. The Labute approximate surface area is 223 Å². The topological polar surface area (TPSA) is 99.8 Å². The van der Waals surface area contributed by atoms with Gasteiger partial charge in [0.2, 0.25) is 15.9 Å². The number of hydrogen-bond acceptors (Lipinski definition) is 5. The Morgan fingerprint density at radius 3 is 2.43 bits per heavy atom. The van der Waals surface area contributed by atoms with Crippen LogP contribution < -0.4 is 9.64 Å². The standard InChI is InChI=1S/C27H24BrN3O5S/c1-36-21-10-8-20(9-11-21)31-26(32)16-25(27(31)33)30(37(34,35)22-12-6-19(28)7-13-22)15-14-18-17-29-24-5-3-2-4-23(18)24/h2-13,17,25,29H,14-16H2,1H3. The highest BCUT2D eigenvalue weighted by molar-refractivity contribution is 9.10. The summed E-state index contributed by atoms with van der Waals surface area (Å²) in [6.07, 6.45) is 1.97. The fraction of sp³-hybridized carbons (Fsp3) is 0.185. The maximum atomic E-state index is 13.8. The lowest BCUT2D eigenvalue weighted by atomic mass is 10.1. The zero-order valence-corrected chi connectivity index (χ0v) is 22.3. The molecule has 5 rings (SSSR count). The largest absolute Gasteiger partial charge is 0.497 e. The van der Waals surface area contributed by atoms with Crippen molar-refractivity contribution in [3.8, 4) is 5.75 Å². The Hall–Kier alpha value is -3.47. The Morgan fingerprint density at radius 1 is 1.03 bits per heavy atom. The molecule has 0 radical (unpaired) electrons. The minimum absolute atomic E-state index is 0.0282. The lowest BCUT2D eigenvalue weighted by Gasteiger charge is -2.27. The van der Waals surface area contributed by atoms with E-state index in [4.69, 9.17) is 4.74 Å². The molecule has 1 atom stereocenters.